The van der Waals surface area contributed by atoms with E-state index in [1.54, 1.807) is 0 Å². The van der Waals surface area contributed by atoms with Crippen molar-refractivity contribution in [3.8, 4) is 11.8 Å². The van der Waals surface area contributed by atoms with Crippen molar-refractivity contribution < 1.29 is 9.66 Å². The molecule has 2 aromatic carbocycles. The summed E-state index contributed by atoms with van der Waals surface area (Å²) >= 11 is 6.00. The molecule has 0 N–H and O–H groups in total. The van der Waals surface area contributed by atoms with Crippen LogP contribution in [0.4, 0.5) is 5.69 Å². The van der Waals surface area contributed by atoms with Crippen LogP contribution in [0.1, 0.15) is 11.1 Å². The number of hydrogen-bond donors (Lipinski definition) is 0. The van der Waals surface area contributed by atoms with Gasteiger partial charge in [-0.15, -0.1) is 0 Å². The molecule has 0 aromatic heterocycles. The molecule has 5 nitrogen and oxygen atoms in total. The third-order valence-corrected chi connectivity index (χ3v) is 3.13. The first-order valence-electron chi connectivity index (χ1n) is 6.12. The van der Waals surface area contributed by atoms with Gasteiger partial charge in [0.1, 0.15) is 12.4 Å². The maximum atomic E-state index is 10.9. The Morgan fingerprint density at radius 2 is 2.00 bits per heavy atom. The van der Waals surface area contributed by atoms with Gasteiger partial charge in [-0.1, -0.05) is 41.9 Å². The third kappa shape index (κ3) is 3.71. The number of halogens is 1. The first kappa shape index (κ1) is 14.8. The Hall–Kier alpha value is -2.58. The van der Waals surface area contributed by atoms with Gasteiger partial charge in [-0.2, -0.15) is 5.26 Å². The van der Waals surface area contributed by atoms with E-state index in [0.29, 0.717) is 12.4 Å². The van der Waals surface area contributed by atoms with Crippen LogP contribution in [-0.2, 0) is 13.0 Å². The average Bonchev–Trinajstić information content (AvgIpc) is 2.48. The molecule has 0 saturated heterocycles. The molecule has 0 amide bonds. The topological polar surface area (TPSA) is 76.2 Å². The van der Waals surface area contributed by atoms with E-state index in [2.05, 4.69) is 0 Å². The molecule has 0 aliphatic heterocycles. The molecule has 0 radical (unpaired) electrons. The van der Waals surface area contributed by atoms with Gasteiger partial charge in [0, 0.05) is 11.6 Å². The van der Waals surface area contributed by atoms with Crippen LogP contribution in [0, 0.1) is 21.4 Å². The summed E-state index contributed by atoms with van der Waals surface area (Å²) in [6.45, 7) is 0.296. The highest BCUT2D eigenvalue weighted by atomic mass is 35.5. The van der Waals surface area contributed by atoms with Crippen LogP contribution >= 0.6 is 11.6 Å². The second-order valence-corrected chi connectivity index (χ2v) is 4.68. The molecule has 0 heterocycles. The van der Waals surface area contributed by atoms with Crippen molar-refractivity contribution in [2.24, 2.45) is 0 Å². The van der Waals surface area contributed by atoms with Crippen LogP contribution in [0.15, 0.2) is 42.5 Å². The van der Waals surface area contributed by atoms with Crippen molar-refractivity contribution in [1.29, 1.82) is 5.26 Å². The van der Waals surface area contributed by atoms with Gasteiger partial charge in [0.15, 0.2) is 0 Å². The van der Waals surface area contributed by atoms with Gasteiger partial charge in [-0.05, 0) is 11.6 Å². The second-order valence-electron chi connectivity index (χ2n) is 4.28. The van der Waals surface area contributed by atoms with Crippen molar-refractivity contribution in [3.63, 3.8) is 0 Å². The van der Waals surface area contributed by atoms with E-state index in [9.17, 15) is 10.1 Å². The number of nitriles is 1. The van der Waals surface area contributed by atoms with Gasteiger partial charge in [0.2, 0.25) is 0 Å². The Morgan fingerprint density at radius 3 is 2.62 bits per heavy atom. The number of nitrogens with zero attached hydrogens (tertiary/aromatic N) is 2. The summed E-state index contributed by atoms with van der Waals surface area (Å²) in [7, 11) is 0. The van der Waals surface area contributed by atoms with E-state index >= 15 is 0 Å². The van der Waals surface area contributed by atoms with Crippen molar-refractivity contribution in [1.82, 2.24) is 0 Å². The lowest BCUT2D eigenvalue weighted by Crippen LogP contribution is -2.00. The highest BCUT2D eigenvalue weighted by Crippen LogP contribution is 2.33. The summed E-state index contributed by atoms with van der Waals surface area (Å²) in [5.41, 5.74) is 1.07. The van der Waals surface area contributed by atoms with Gasteiger partial charge in [0.05, 0.1) is 22.4 Å². The first-order valence-corrected chi connectivity index (χ1v) is 6.50. The monoisotopic (exact) mass is 302 g/mol. The van der Waals surface area contributed by atoms with Crippen LogP contribution < -0.4 is 4.74 Å². The van der Waals surface area contributed by atoms with Gasteiger partial charge in [-0.25, -0.2) is 0 Å². The maximum Gasteiger partial charge on any atom is 0.275 e. The molecule has 21 heavy (non-hydrogen) atoms. The van der Waals surface area contributed by atoms with E-state index in [1.165, 1.54) is 12.1 Å². The number of nitro benzene ring substituents is 1. The van der Waals surface area contributed by atoms with Gasteiger partial charge in [-0.3, -0.25) is 10.1 Å². The van der Waals surface area contributed by atoms with Crippen molar-refractivity contribution in [2.75, 3.05) is 0 Å². The predicted molar refractivity (Wildman–Crippen MR) is 78.2 cm³/mol. The van der Waals surface area contributed by atoms with E-state index < -0.39 is 4.92 Å². The maximum absolute atomic E-state index is 10.9. The summed E-state index contributed by atoms with van der Waals surface area (Å²) in [6, 6.07) is 14.0. The predicted octanol–water partition coefficient (Wildman–Crippen LogP) is 3.89. The fourth-order valence-electron chi connectivity index (χ4n) is 1.83. The molecular formula is C15H11ClN2O3. The standard InChI is InChI=1S/C15H11ClN2O3/c16-13-9-14(18(19)20)12(6-7-17)8-15(13)21-10-11-4-2-1-3-5-11/h1-5,8-9H,6,10H2. The summed E-state index contributed by atoms with van der Waals surface area (Å²) < 4.78 is 5.58. The van der Waals surface area contributed by atoms with Crippen LogP contribution in [0.25, 0.3) is 0 Å². The van der Waals surface area contributed by atoms with Gasteiger partial charge < -0.3 is 4.74 Å². The largest absolute Gasteiger partial charge is 0.487 e. The van der Waals surface area contributed by atoms with Crippen molar-refractivity contribution in [3.05, 3.63) is 68.7 Å². The smallest absolute Gasteiger partial charge is 0.275 e. The lowest BCUT2D eigenvalue weighted by atomic mass is 10.1. The van der Waals surface area contributed by atoms with E-state index in [-0.39, 0.29) is 22.7 Å². The number of rotatable bonds is 5. The molecule has 0 aliphatic carbocycles. The van der Waals surface area contributed by atoms with E-state index in [0.717, 1.165) is 5.56 Å². The Labute approximate surface area is 126 Å². The highest BCUT2D eigenvalue weighted by molar-refractivity contribution is 6.32. The Morgan fingerprint density at radius 1 is 1.29 bits per heavy atom. The highest BCUT2D eigenvalue weighted by Gasteiger charge is 2.18. The third-order valence-electron chi connectivity index (χ3n) is 2.84. The van der Waals surface area contributed by atoms with Gasteiger partial charge >= 0.3 is 0 Å². The van der Waals surface area contributed by atoms with Crippen LogP contribution in [0.3, 0.4) is 0 Å². The molecule has 0 spiro atoms. The lowest BCUT2D eigenvalue weighted by Gasteiger charge is -2.09. The zero-order chi connectivity index (χ0) is 15.2. The zero-order valence-corrected chi connectivity index (χ0v) is 11.7. The van der Waals surface area contributed by atoms with E-state index in [1.807, 2.05) is 36.4 Å². The van der Waals surface area contributed by atoms with Crippen LogP contribution in [0.2, 0.25) is 5.02 Å². The van der Waals surface area contributed by atoms with Gasteiger partial charge in [0.25, 0.3) is 5.69 Å². The molecule has 2 rings (SSSR count). The summed E-state index contributed by atoms with van der Waals surface area (Å²) in [5, 5.41) is 19.8. The first-order chi connectivity index (χ1) is 10.1. The second kappa shape index (κ2) is 6.73. The molecule has 0 aliphatic rings. The molecule has 6 heteroatoms. The quantitative estimate of drug-likeness (QED) is 0.620. The Balaban J connectivity index is 2.25. The minimum absolute atomic E-state index is 0.0742. The summed E-state index contributed by atoms with van der Waals surface area (Å²) in [6.07, 6.45) is -0.0742. The molecular weight excluding hydrogens is 292 g/mol. The number of benzene rings is 2. The molecule has 0 atom stereocenters. The minimum atomic E-state index is -0.556. The Kier molecular flexibility index (Phi) is 4.75. The summed E-state index contributed by atoms with van der Waals surface area (Å²) in [5.74, 6) is 0.330. The normalized spacial score (nSPS) is 9.90. The molecule has 0 unspecified atom stereocenters. The molecule has 106 valence electrons. The van der Waals surface area contributed by atoms with Crippen molar-refractivity contribution >= 4 is 17.3 Å². The average molecular weight is 303 g/mol. The van der Waals surface area contributed by atoms with Crippen LogP contribution in [0.5, 0.6) is 5.75 Å². The number of ether oxygens (including phenoxy) is 1. The Bertz CT molecular complexity index is 696. The lowest BCUT2D eigenvalue weighted by molar-refractivity contribution is -0.385. The summed E-state index contributed by atoms with van der Waals surface area (Å²) in [4.78, 5) is 10.4. The van der Waals surface area contributed by atoms with E-state index in [4.69, 9.17) is 21.6 Å². The molecule has 0 fully saturated rings. The molecule has 0 saturated carbocycles. The zero-order valence-electron chi connectivity index (χ0n) is 11.0. The van der Waals surface area contributed by atoms with Crippen LogP contribution in [-0.4, -0.2) is 4.92 Å². The molecule has 2 aromatic rings. The SMILES string of the molecule is N#CCc1cc(OCc2ccccc2)c(Cl)cc1[N+](=O)[O-]. The van der Waals surface area contributed by atoms with Crippen molar-refractivity contribution in [2.45, 2.75) is 13.0 Å². The fraction of sp³-hybridized carbons (Fsp3) is 0.133. The minimum Gasteiger partial charge on any atom is -0.487 e. The number of nitro groups is 1. The molecule has 0 bridgehead atoms. The fourth-order valence-corrected chi connectivity index (χ4v) is 2.04. The number of hydrogen-bond acceptors (Lipinski definition) is 4.